The molecule has 6 rings (SSSR count). The first-order valence-electron chi connectivity index (χ1n) is 14.0. The molecule has 4 aromatic rings. The third-order valence-corrected chi connectivity index (χ3v) is 12.7. The number of hydrogen-bond acceptors (Lipinski definition) is 6. The highest BCUT2D eigenvalue weighted by Gasteiger charge is 2.23. The van der Waals surface area contributed by atoms with Gasteiger partial charge >= 0.3 is 0 Å². The Hall–Kier alpha value is -2.64. The van der Waals surface area contributed by atoms with E-state index < -0.39 is 0 Å². The Morgan fingerprint density at radius 2 is 1.18 bits per heavy atom. The lowest BCUT2D eigenvalue weighted by Crippen LogP contribution is -1.86. The molecule has 6 heteroatoms. The summed E-state index contributed by atoms with van der Waals surface area (Å²) in [5.74, 6) is 2.65. The summed E-state index contributed by atoms with van der Waals surface area (Å²) in [5, 5.41) is 0. The number of aryl methyl sites for hydroxylation is 1. The summed E-state index contributed by atoms with van der Waals surface area (Å²) in [5.41, 5.74) is 1.48. The van der Waals surface area contributed by atoms with Gasteiger partial charge in [0.1, 0.15) is 11.5 Å². The van der Waals surface area contributed by atoms with E-state index in [0.29, 0.717) is 11.8 Å². The molecule has 0 saturated carbocycles. The lowest BCUT2D eigenvalue weighted by atomic mass is 10.0. The first-order valence-corrected chi connectivity index (χ1v) is 17.2. The molecule has 2 aliphatic carbocycles. The van der Waals surface area contributed by atoms with Crippen LogP contribution in [-0.4, -0.2) is 14.2 Å². The number of hydrogen-bond donors (Lipinski definition) is 0. The van der Waals surface area contributed by atoms with Gasteiger partial charge in [-0.15, -0.1) is 45.3 Å². The second kappa shape index (κ2) is 12.5. The quantitative estimate of drug-likeness (QED) is 0.150. The summed E-state index contributed by atoms with van der Waals surface area (Å²) in [6.45, 7) is 2.28. The maximum Gasteiger partial charge on any atom is 0.138 e. The van der Waals surface area contributed by atoms with E-state index in [1.54, 1.807) is 14.2 Å². The Balaban J connectivity index is 1.32. The van der Waals surface area contributed by atoms with Crippen molar-refractivity contribution in [1.82, 2.24) is 0 Å². The van der Waals surface area contributed by atoms with E-state index in [9.17, 15) is 0 Å². The number of allylic oxidation sites excluding steroid dienone is 8. The van der Waals surface area contributed by atoms with E-state index in [1.807, 2.05) is 45.3 Å². The van der Waals surface area contributed by atoms with Gasteiger partial charge in [-0.3, -0.25) is 0 Å². The molecule has 0 spiro atoms. The first kappa shape index (κ1) is 27.5. The largest absolute Gasteiger partial charge is 0.495 e. The molecule has 0 radical (unpaired) electrons. The van der Waals surface area contributed by atoms with Gasteiger partial charge in [-0.1, -0.05) is 74.8 Å². The normalized spacial score (nSPS) is 14.8. The summed E-state index contributed by atoms with van der Waals surface area (Å²) >= 11 is 7.46. The van der Waals surface area contributed by atoms with Crippen molar-refractivity contribution in [3.05, 3.63) is 94.3 Å². The fraction of sp³-hybridized carbons (Fsp3) is 0.294. The smallest absolute Gasteiger partial charge is 0.138 e. The molecule has 0 bridgehead atoms. The van der Waals surface area contributed by atoms with Gasteiger partial charge in [-0.05, 0) is 42.7 Å². The van der Waals surface area contributed by atoms with Gasteiger partial charge in [0, 0.05) is 47.2 Å². The molecule has 4 heterocycles. The van der Waals surface area contributed by atoms with E-state index in [4.69, 9.17) is 9.47 Å². The molecule has 0 N–H and O–H groups in total. The maximum absolute atomic E-state index is 5.96. The van der Waals surface area contributed by atoms with Crippen LogP contribution in [0.2, 0.25) is 0 Å². The van der Waals surface area contributed by atoms with Gasteiger partial charge in [0.2, 0.25) is 0 Å². The van der Waals surface area contributed by atoms with Crippen LogP contribution in [0, 0.1) is 0 Å². The Labute approximate surface area is 253 Å². The van der Waals surface area contributed by atoms with Crippen molar-refractivity contribution in [1.29, 1.82) is 0 Å². The number of methoxy groups -OCH3 is 2. The van der Waals surface area contributed by atoms with Crippen molar-refractivity contribution in [2.45, 2.75) is 50.9 Å². The molecule has 40 heavy (non-hydrogen) atoms. The zero-order chi connectivity index (χ0) is 27.5. The summed E-state index contributed by atoms with van der Waals surface area (Å²) in [7, 11) is 3.56. The van der Waals surface area contributed by atoms with Crippen LogP contribution < -0.4 is 9.47 Å². The lowest BCUT2D eigenvalue weighted by Gasteiger charge is -2.02. The molecule has 0 unspecified atom stereocenters. The van der Waals surface area contributed by atoms with Crippen LogP contribution in [0.25, 0.3) is 29.3 Å². The molecule has 206 valence electrons. The second-order valence-electron chi connectivity index (χ2n) is 10.1. The first-order chi connectivity index (χ1) is 19.7. The average molecular weight is 603 g/mol. The van der Waals surface area contributed by atoms with Gasteiger partial charge in [0.15, 0.2) is 0 Å². The van der Waals surface area contributed by atoms with E-state index in [2.05, 4.69) is 85.9 Å². The number of ether oxygens (including phenoxy) is 2. The number of rotatable bonds is 12. The topological polar surface area (TPSA) is 18.5 Å². The molecule has 4 aromatic heterocycles. The predicted molar refractivity (Wildman–Crippen MR) is 177 cm³/mol. The van der Waals surface area contributed by atoms with Crippen molar-refractivity contribution in [3.8, 4) is 40.8 Å². The molecule has 0 aliphatic heterocycles. The Bertz CT molecular complexity index is 1560. The molecular formula is C34H34O2S4. The standard InChI is InChI=1S/C34H34O2S4/c1-4-5-6-7-16-24-19-29(22-12-8-9-13-22)38-32(24)31-21-26(36-3)34(40-31)28-18-17-27(37-28)33-25(35-2)20-30(39-33)23-14-10-11-15-23/h8-15,17-23H,4-7,16H2,1-3H3. The van der Waals surface area contributed by atoms with Crippen molar-refractivity contribution >= 4 is 45.3 Å². The zero-order valence-electron chi connectivity index (χ0n) is 23.1. The number of unbranched alkanes of at least 4 members (excludes halogenated alkanes) is 3. The van der Waals surface area contributed by atoms with E-state index in [-0.39, 0.29) is 0 Å². The predicted octanol–water partition coefficient (Wildman–Crippen LogP) is 11.5. The average Bonchev–Trinajstić information content (AvgIpc) is 3.81. The molecular weight excluding hydrogens is 569 g/mol. The van der Waals surface area contributed by atoms with Crippen LogP contribution >= 0.6 is 45.3 Å². The van der Waals surface area contributed by atoms with Crippen molar-refractivity contribution in [2.24, 2.45) is 0 Å². The molecule has 0 aromatic carbocycles. The summed E-state index contributed by atoms with van der Waals surface area (Å²) in [6, 6.07) is 11.4. The Morgan fingerprint density at radius 1 is 0.600 bits per heavy atom. The van der Waals surface area contributed by atoms with E-state index in [1.165, 1.54) is 70.3 Å². The highest BCUT2D eigenvalue weighted by molar-refractivity contribution is 7.29. The molecule has 0 saturated heterocycles. The summed E-state index contributed by atoms with van der Waals surface area (Å²) in [4.78, 5) is 10.4. The Kier molecular flexibility index (Phi) is 8.59. The minimum Gasteiger partial charge on any atom is -0.495 e. The maximum atomic E-state index is 5.96. The fourth-order valence-electron chi connectivity index (χ4n) is 5.27. The van der Waals surface area contributed by atoms with E-state index in [0.717, 1.165) is 17.9 Å². The number of thiophene rings is 4. The fourth-order valence-corrected chi connectivity index (χ4v) is 10.2. The highest BCUT2D eigenvalue weighted by atomic mass is 32.1. The monoisotopic (exact) mass is 602 g/mol. The third-order valence-electron chi connectivity index (χ3n) is 7.41. The van der Waals surface area contributed by atoms with Crippen molar-refractivity contribution in [3.63, 3.8) is 0 Å². The van der Waals surface area contributed by atoms with Crippen LogP contribution in [0.5, 0.6) is 11.5 Å². The molecule has 2 nitrogen and oxygen atoms in total. The summed E-state index contributed by atoms with van der Waals surface area (Å²) in [6.07, 6.45) is 23.9. The summed E-state index contributed by atoms with van der Waals surface area (Å²) < 4.78 is 11.8. The minimum atomic E-state index is 0.342. The van der Waals surface area contributed by atoms with Crippen LogP contribution in [0.4, 0.5) is 0 Å². The van der Waals surface area contributed by atoms with Crippen LogP contribution in [0.15, 0.2) is 78.9 Å². The molecule has 0 atom stereocenters. The third kappa shape index (κ3) is 5.60. The van der Waals surface area contributed by atoms with Crippen LogP contribution in [0.1, 0.15) is 59.8 Å². The van der Waals surface area contributed by atoms with Gasteiger partial charge in [-0.25, -0.2) is 0 Å². The molecule has 0 amide bonds. The Morgan fingerprint density at radius 3 is 1.80 bits per heavy atom. The van der Waals surface area contributed by atoms with Gasteiger partial charge in [0.25, 0.3) is 0 Å². The lowest BCUT2D eigenvalue weighted by molar-refractivity contribution is 0.418. The van der Waals surface area contributed by atoms with Crippen molar-refractivity contribution < 1.29 is 9.47 Å². The highest BCUT2D eigenvalue weighted by Crippen LogP contribution is 2.51. The minimum absolute atomic E-state index is 0.342. The molecule has 2 aliphatic rings. The molecule has 0 fully saturated rings. The van der Waals surface area contributed by atoms with Crippen LogP contribution in [0.3, 0.4) is 0 Å². The van der Waals surface area contributed by atoms with Crippen LogP contribution in [-0.2, 0) is 6.42 Å². The van der Waals surface area contributed by atoms with Gasteiger partial charge in [-0.2, -0.15) is 0 Å². The zero-order valence-corrected chi connectivity index (χ0v) is 26.4. The van der Waals surface area contributed by atoms with Gasteiger partial charge < -0.3 is 9.47 Å². The van der Waals surface area contributed by atoms with E-state index >= 15 is 0 Å². The SMILES string of the molecule is CCCCCCc1cc(C2C=CC=C2)sc1-c1cc(OC)c(-c2ccc(-c3sc(C4C=CC=C4)cc3OC)s2)s1. The second-order valence-corrected chi connectivity index (χ2v) is 14.4. The van der Waals surface area contributed by atoms with Gasteiger partial charge in [0.05, 0.1) is 24.0 Å². The van der Waals surface area contributed by atoms with Crippen molar-refractivity contribution in [2.75, 3.05) is 14.2 Å².